The molecule has 0 aliphatic heterocycles. The molecule has 0 bridgehead atoms. The number of nitrogens with one attached hydrogen (secondary N) is 1. The number of carbonyl (C=O) groups is 2. The Morgan fingerprint density at radius 3 is 2.64 bits per heavy atom. The summed E-state index contributed by atoms with van der Waals surface area (Å²) in [5.74, 6) is -1.15. The minimum Gasteiger partial charge on any atom is -0.465 e. The fourth-order valence-corrected chi connectivity index (χ4v) is 2.21. The van der Waals surface area contributed by atoms with Gasteiger partial charge in [0.25, 0.3) is 5.69 Å². The van der Waals surface area contributed by atoms with Gasteiger partial charge in [0.05, 0.1) is 28.2 Å². The highest BCUT2D eigenvalue weighted by molar-refractivity contribution is 6.33. The average Bonchev–Trinajstić information content (AvgIpc) is 2.61. The fourth-order valence-electron chi connectivity index (χ4n) is 2.01. The van der Waals surface area contributed by atoms with E-state index < -0.39 is 16.8 Å². The summed E-state index contributed by atoms with van der Waals surface area (Å²) < 4.78 is 4.60. The van der Waals surface area contributed by atoms with Gasteiger partial charge in [-0.25, -0.2) is 4.79 Å². The Balaban J connectivity index is 2.16. The van der Waals surface area contributed by atoms with E-state index in [9.17, 15) is 19.7 Å². The molecule has 8 heteroatoms. The third-order valence-corrected chi connectivity index (χ3v) is 3.52. The number of anilines is 1. The van der Waals surface area contributed by atoms with Crippen LogP contribution in [-0.4, -0.2) is 23.9 Å². The summed E-state index contributed by atoms with van der Waals surface area (Å²) in [4.78, 5) is 34.0. The van der Waals surface area contributed by atoms with Gasteiger partial charge in [-0.1, -0.05) is 23.7 Å². The number of benzene rings is 2. The predicted octanol–water partition coefficient (Wildman–Crippen LogP) is 3.69. The van der Waals surface area contributed by atoms with Crippen molar-refractivity contribution in [3.63, 3.8) is 0 Å². The number of para-hydroxylation sites is 1. The third kappa shape index (κ3) is 4.65. The SMILES string of the molecule is COC(=O)c1cc(NC(=O)/C=C/c2ccccc2[N+](=O)[O-])ccc1Cl. The molecular formula is C17H13ClN2O5. The molecule has 2 aromatic carbocycles. The van der Waals surface area contributed by atoms with E-state index in [1.54, 1.807) is 6.07 Å². The molecule has 0 heterocycles. The van der Waals surface area contributed by atoms with E-state index in [2.05, 4.69) is 10.1 Å². The van der Waals surface area contributed by atoms with Crippen LogP contribution in [-0.2, 0) is 9.53 Å². The Labute approximate surface area is 148 Å². The molecule has 1 amide bonds. The van der Waals surface area contributed by atoms with Gasteiger partial charge < -0.3 is 10.1 Å². The van der Waals surface area contributed by atoms with Crippen molar-refractivity contribution in [3.8, 4) is 0 Å². The monoisotopic (exact) mass is 360 g/mol. The quantitative estimate of drug-likeness (QED) is 0.379. The van der Waals surface area contributed by atoms with E-state index in [1.165, 1.54) is 49.6 Å². The predicted molar refractivity (Wildman–Crippen MR) is 93.6 cm³/mol. The standard InChI is InChI=1S/C17H13ClN2O5/c1-25-17(22)13-10-12(7-8-14(13)18)19-16(21)9-6-11-4-2-3-5-15(11)20(23)24/h2-10H,1H3,(H,19,21)/b9-6+. The molecule has 0 aliphatic rings. The summed E-state index contributed by atoms with van der Waals surface area (Å²) in [6, 6.07) is 10.4. The summed E-state index contributed by atoms with van der Waals surface area (Å²) in [6.07, 6.45) is 2.50. The zero-order valence-corrected chi connectivity index (χ0v) is 13.8. The molecular weight excluding hydrogens is 348 g/mol. The minimum atomic E-state index is -0.628. The van der Waals surface area contributed by atoms with Crippen LogP contribution < -0.4 is 5.32 Å². The summed E-state index contributed by atoms with van der Waals surface area (Å²) in [6.45, 7) is 0. The van der Waals surface area contributed by atoms with E-state index >= 15 is 0 Å². The van der Waals surface area contributed by atoms with Gasteiger partial charge in [0, 0.05) is 17.8 Å². The number of methoxy groups -OCH3 is 1. The number of nitro benzene ring substituents is 1. The van der Waals surface area contributed by atoms with Crippen LogP contribution in [0.3, 0.4) is 0 Å². The molecule has 0 radical (unpaired) electrons. The number of nitro groups is 1. The highest BCUT2D eigenvalue weighted by Crippen LogP contribution is 2.22. The van der Waals surface area contributed by atoms with Gasteiger partial charge in [0.15, 0.2) is 0 Å². The molecule has 0 saturated heterocycles. The first-order valence-corrected chi connectivity index (χ1v) is 7.40. The van der Waals surface area contributed by atoms with Crippen molar-refractivity contribution in [2.45, 2.75) is 0 Å². The van der Waals surface area contributed by atoms with Crippen molar-refractivity contribution in [1.29, 1.82) is 0 Å². The van der Waals surface area contributed by atoms with Crippen LogP contribution in [0.2, 0.25) is 5.02 Å². The zero-order chi connectivity index (χ0) is 18.4. The Morgan fingerprint density at radius 2 is 1.96 bits per heavy atom. The van der Waals surface area contributed by atoms with Gasteiger partial charge >= 0.3 is 5.97 Å². The molecule has 2 rings (SSSR count). The first-order valence-electron chi connectivity index (χ1n) is 7.02. The van der Waals surface area contributed by atoms with E-state index in [4.69, 9.17) is 11.6 Å². The lowest BCUT2D eigenvalue weighted by atomic mass is 10.1. The molecule has 128 valence electrons. The largest absolute Gasteiger partial charge is 0.465 e. The normalized spacial score (nSPS) is 10.5. The summed E-state index contributed by atoms with van der Waals surface area (Å²) >= 11 is 5.90. The van der Waals surface area contributed by atoms with Crippen molar-refractivity contribution >= 4 is 40.9 Å². The topological polar surface area (TPSA) is 98.5 Å². The molecule has 1 N–H and O–H groups in total. The van der Waals surface area contributed by atoms with Crippen molar-refractivity contribution in [2.24, 2.45) is 0 Å². The first kappa shape index (κ1) is 18.2. The lowest BCUT2D eigenvalue weighted by molar-refractivity contribution is -0.385. The van der Waals surface area contributed by atoms with Gasteiger partial charge in [-0.05, 0) is 30.3 Å². The smallest absolute Gasteiger partial charge is 0.339 e. The molecule has 0 atom stereocenters. The summed E-state index contributed by atoms with van der Waals surface area (Å²) in [5, 5.41) is 13.7. The molecule has 0 spiro atoms. The molecule has 0 saturated carbocycles. The number of carbonyl (C=O) groups excluding carboxylic acids is 2. The lowest BCUT2D eigenvalue weighted by Crippen LogP contribution is -2.09. The molecule has 0 unspecified atom stereocenters. The van der Waals surface area contributed by atoms with Crippen molar-refractivity contribution < 1.29 is 19.2 Å². The number of rotatable bonds is 5. The Bertz CT molecular complexity index is 864. The van der Waals surface area contributed by atoms with Gasteiger partial charge in [0.1, 0.15) is 0 Å². The van der Waals surface area contributed by atoms with Crippen LogP contribution >= 0.6 is 11.6 Å². The van der Waals surface area contributed by atoms with E-state index in [0.29, 0.717) is 11.3 Å². The van der Waals surface area contributed by atoms with Crippen LogP contribution in [0.5, 0.6) is 0 Å². The van der Waals surface area contributed by atoms with Gasteiger partial charge in [-0.2, -0.15) is 0 Å². The van der Waals surface area contributed by atoms with E-state index in [-0.39, 0.29) is 16.3 Å². The van der Waals surface area contributed by atoms with Gasteiger partial charge in [0.2, 0.25) is 5.91 Å². The maximum atomic E-state index is 12.0. The van der Waals surface area contributed by atoms with Crippen molar-refractivity contribution in [2.75, 3.05) is 12.4 Å². The lowest BCUT2D eigenvalue weighted by Gasteiger charge is -2.06. The van der Waals surface area contributed by atoms with E-state index in [0.717, 1.165) is 6.08 Å². The number of nitrogens with zero attached hydrogens (tertiary/aromatic N) is 1. The second-order valence-electron chi connectivity index (χ2n) is 4.82. The first-order chi connectivity index (χ1) is 11.9. The summed E-state index contributed by atoms with van der Waals surface area (Å²) in [5.41, 5.74) is 0.645. The number of hydrogen-bond donors (Lipinski definition) is 1. The minimum absolute atomic E-state index is 0.106. The van der Waals surface area contributed by atoms with Gasteiger partial charge in [-0.15, -0.1) is 0 Å². The highest BCUT2D eigenvalue weighted by atomic mass is 35.5. The van der Waals surface area contributed by atoms with E-state index in [1.807, 2.05) is 0 Å². The van der Waals surface area contributed by atoms with Crippen LogP contribution in [0, 0.1) is 10.1 Å². The van der Waals surface area contributed by atoms with Crippen molar-refractivity contribution in [1.82, 2.24) is 0 Å². The molecule has 2 aromatic rings. The fraction of sp³-hybridized carbons (Fsp3) is 0.0588. The van der Waals surface area contributed by atoms with Crippen LogP contribution in [0.4, 0.5) is 11.4 Å². The molecule has 0 fully saturated rings. The zero-order valence-electron chi connectivity index (χ0n) is 13.1. The number of amides is 1. The summed E-state index contributed by atoms with van der Waals surface area (Å²) in [7, 11) is 1.22. The second kappa shape index (κ2) is 8.07. The molecule has 0 aliphatic carbocycles. The Kier molecular flexibility index (Phi) is 5.86. The third-order valence-electron chi connectivity index (χ3n) is 3.19. The van der Waals surface area contributed by atoms with Crippen LogP contribution in [0.15, 0.2) is 48.5 Å². The maximum absolute atomic E-state index is 12.0. The Morgan fingerprint density at radius 1 is 1.24 bits per heavy atom. The number of hydrogen-bond acceptors (Lipinski definition) is 5. The average molecular weight is 361 g/mol. The molecule has 25 heavy (non-hydrogen) atoms. The van der Waals surface area contributed by atoms with Crippen molar-refractivity contribution in [3.05, 3.63) is 74.8 Å². The molecule has 7 nitrogen and oxygen atoms in total. The highest BCUT2D eigenvalue weighted by Gasteiger charge is 2.13. The molecule has 0 aromatic heterocycles. The Hall–Kier alpha value is -3.19. The number of halogens is 1. The van der Waals surface area contributed by atoms with Crippen LogP contribution in [0.1, 0.15) is 15.9 Å². The second-order valence-corrected chi connectivity index (χ2v) is 5.23. The maximum Gasteiger partial charge on any atom is 0.339 e. The van der Waals surface area contributed by atoms with Gasteiger partial charge in [-0.3, -0.25) is 14.9 Å². The number of ether oxygens (including phenoxy) is 1. The van der Waals surface area contributed by atoms with Crippen LogP contribution in [0.25, 0.3) is 6.08 Å². The number of esters is 1.